The third-order valence-corrected chi connectivity index (χ3v) is 5.94. The summed E-state index contributed by atoms with van der Waals surface area (Å²) in [6.45, 7) is 1.42. The molecule has 0 aliphatic carbocycles. The van der Waals surface area contributed by atoms with Gasteiger partial charge in [-0.15, -0.1) is 0 Å². The average Bonchev–Trinajstić information content (AvgIpc) is 3.09. The molecule has 5 rings (SSSR count). The van der Waals surface area contributed by atoms with E-state index in [1.54, 1.807) is 6.20 Å². The molecule has 6 heteroatoms. The third kappa shape index (κ3) is 2.99. The highest BCUT2D eigenvalue weighted by molar-refractivity contribution is 6.04. The van der Waals surface area contributed by atoms with Gasteiger partial charge in [0.1, 0.15) is 11.9 Å². The number of hydrogen-bond donors (Lipinski definition) is 0. The Bertz CT molecular complexity index is 987. The van der Waals surface area contributed by atoms with Crippen LogP contribution in [0.25, 0.3) is 16.7 Å². The molecule has 0 saturated carbocycles. The molecule has 1 aromatic carbocycles. The molecule has 4 heterocycles. The van der Waals surface area contributed by atoms with Crippen LogP contribution in [0.1, 0.15) is 23.2 Å². The van der Waals surface area contributed by atoms with E-state index in [4.69, 9.17) is 9.47 Å². The van der Waals surface area contributed by atoms with Crippen molar-refractivity contribution in [3.63, 3.8) is 0 Å². The van der Waals surface area contributed by atoms with E-state index in [1.165, 1.54) is 0 Å². The van der Waals surface area contributed by atoms with Crippen molar-refractivity contribution < 1.29 is 14.3 Å². The van der Waals surface area contributed by atoms with Gasteiger partial charge in [-0.25, -0.2) is 9.78 Å². The quantitative estimate of drug-likeness (QED) is 0.657. The topological polar surface area (TPSA) is 56.6 Å². The van der Waals surface area contributed by atoms with Crippen LogP contribution in [0.15, 0.2) is 54.9 Å². The maximum atomic E-state index is 13.1. The van der Waals surface area contributed by atoms with Gasteiger partial charge >= 0.3 is 5.97 Å². The Morgan fingerprint density at radius 1 is 1.11 bits per heavy atom. The Hall–Kier alpha value is -2.70. The summed E-state index contributed by atoms with van der Waals surface area (Å²) in [6.07, 6.45) is 5.16. The second-order valence-corrected chi connectivity index (χ2v) is 7.63. The molecule has 2 aliphatic heterocycles. The normalized spacial score (nSPS) is 25.0. The van der Waals surface area contributed by atoms with Crippen LogP contribution >= 0.6 is 0 Å². The van der Waals surface area contributed by atoms with Crippen LogP contribution in [-0.4, -0.2) is 58.9 Å². The summed E-state index contributed by atoms with van der Waals surface area (Å²) in [7, 11) is 2.14. The summed E-state index contributed by atoms with van der Waals surface area (Å²) < 4.78 is 13.6. The Kier molecular flexibility index (Phi) is 4.37. The van der Waals surface area contributed by atoms with Crippen LogP contribution in [0.2, 0.25) is 0 Å². The lowest BCUT2D eigenvalue weighted by atomic mass is 9.92. The summed E-state index contributed by atoms with van der Waals surface area (Å²) in [6, 6.07) is 14.3. The predicted molar refractivity (Wildman–Crippen MR) is 106 cm³/mol. The molecule has 2 aliphatic rings. The number of rotatable bonds is 3. The van der Waals surface area contributed by atoms with Gasteiger partial charge in [-0.1, -0.05) is 24.3 Å². The predicted octanol–water partition coefficient (Wildman–Crippen LogP) is 3.04. The molecule has 3 atom stereocenters. The number of carbonyl (C=O) groups is 1. The number of para-hydroxylation sites is 1. The number of ether oxygens (including phenoxy) is 2. The van der Waals surface area contributed by atoms with Crippen LogP contribution in [0.4, 0.5) is 0 Å². The van der Waals surface area contributed by atoms with Crippen molar-refractivity contribution in [2.24, 2.45) is 0 Å². The smallest absolute Gasteiger partial charge is 0.340 e. The first-order valence-electron chi connectivity index (χ1n) is 9.73. The van der Waals surface area contributed by atoms with E-state index in [9.17, 15) is 4.79 Å². The number of aromatic nitrogens is 2. The molecule has 28 heavy (non-hydrogen) atoms. The minimum atomic E-state index is -0.264. The number of likely N-dealkylation sites (N-methyl/N-ethyl adjacent to an activating group) is 1. The highest BCUT2D eigenvalue weighted by Gasteiger charge is 2.38. The lowest BCUT2D eigenvalue weighted by Gasteiger charge is -2.46. The lowest BCUT2D eigenvalue weighted by Crippen LogP contribution is -2.56. The SMILES string of the molecule is CN1[C@@H]2COC[C@H]1CC(OC(=O)c1cn(-c3ccccn3)c3ccccc13)C2. The molecule has 2 fully saturated rings. The summed E-state index contributed by atoms with van der Waals surface area (Å²) in [5.74, 6) is 0.517. The summed E-state index contributed by atoms with van der Waals surface area (Å²) in [4.78, 5) is 19.9. The molecule has 1 unspecified atom stereocenters. The fourth-order valence-electron chi connectivity index (χ4n) is 4.38. The summed E-state index contributed by atoms with van der Waals surface area (Å²) >= 11 is 0. The fourth-order valence-corrected chi connectivity index (χ4v) is 4.38. The van der Waals surface area contributed by atoms with Crippen molar-refractivity contribution in [1.82, 2.24) is 14.5 Å². The van der Waals surface area contributed by atoms with Gasteiger partial charge in [0, 0.05) is 42.7 Å². The highest BCUT2D eigenvalue weighted by atomic mass is 16.5. The number of nitrogens with zero attached hydrogens (tertiary/aromatic N) is 3. The minimum absolute atomic E-state index is 0.0698. The van der Waals surface area contributed by atoms with Crippen LogP contribution in [-0.2, 0) is 9.47 Å². The number of benzene rings is 1. The number of esters is 1. The Balaban J connectivity index is 1.44. The molecular weight excluding hydrogens is 354 g/mol. The van der Waals surface area contributed by atoms with Crippen molar-refractivity contribution in [3.8, 4) is 5.82 Å². The molecule has 144 valence electrons. The fraction of sp³-hybridized carbons (Fsp3) is 0.364. The zero-order valence-electron chi connectivity index (χ0n) is 15.8. The zero-order chi connectivity index (χ0) is 19.1. The first-order valence-corrected chi connectivity index (χ1v) is 9.73. The highest BCUT2D eigenvalue weighted by Crippen LogP contribution is 2.30. The van der Waals surface area contributed by atoms with Gasteiger partial charge in [0.05, 0.1) is 24.3 Å². The third-order valence-electron chi connectivity index (χ3n) is 5.94. The number of hydrogen-bond acceptors (Lipinski definition) is 5. The van der Waals surface area contributed by atoms with E-state index >= 15 is 0 Å². The minimum Gasteiger partial charge on any atom is -0.459 e. The zero-order valence-corrected chi connectivity index (χ0v) is 15.8. The van der Waals surface area contributed by atoms with Crippen molar-refractivity contribution in [2.75, 3.05) is 20.3 Å². The van der Waals surface area contributed by atoms with Crippen LogP contribution < -0.4 is 0 Å². The van der Waals surface area contributed by atoms with Gasteiger partial charge in [0.15, 0.2) is 0 Å². The Morgan fingerprint density at radius 2 is 1.86 bits per heavy atom. The van der Waals surface area contributed by atoms with E-state index in [2.05, 4.69) is 16.9 Å². The lowest BCUT2D eigenvalue weighted by molar-refractivity contribution is -0.0970. The van der Waals surface area contributed by atoms with Gasteiger partial charge in [0.25, 0.3) is 0 Å². The van der Waals surface area contributed by atoms with E-state index in [0.29, 0.717) is 30.9 Å². The molecule has 2 saturated heterocycles. The average molecular weight is 377 g/mol. The van der Waals surface area contributed by atoms with E-state index < -0.39 is 0 Å². The molecule has 2 aromatic heterocycles. The molecule has 0 N–H and O–H groups in total. The molecule has 3 aromatic rings. The van der Waals surface area contributed by atoms with E-state index in [0.717, 1.165) is 29.6 Å². The molecule has 6 nitrogen and oxygen atoms in total. The molecule has 0 radical (unpaired) electrons. The number of piperidine rings is 1. The van der Waals surface area contributed by atoms with Gasteiger partial charge < -0.3 is 14.0 Å². The van der Waals surface area contributed by atoms with Gasteiger partial charge in [-0.2, -0.15) is 0 Å². The van der Waals surface area contributed by atoms with Gasteiger partial charge in [0.2, 0.25) is 0 Å². The van der Waals surface area contributed by atoms with Crippen LogP contribution in [0, 0.1) is 0 Å². The number of fused-ring (bicyclic) bond motifs is 3. The van der Waals surface area contributed by atoms with Gasteiger partial charge in [-0.05, 0) is 25.2 Å². The van der Waals surface area contributed by atoms with Crippen LogP contribution in [0.5, 0.6) is 0 Å². The van der Waals surface area contributed by atoms with E-state index in [1.807, 2.05) is 53.2 Å². The maximum Gasteiger partial charge on any atom is 0.340 e. The van der Waals surface area contributed by atoms with Crippen molar-refractivity contribution >= 4 is 16.9 Å². The van der Waals surface area contributed by atoms with Crippen LogP contribution in [0.3, 0.4) is 0 Å². The monoisotopic (exact) mass is 377 g/mol. The Labute approximate surface area is 163 Å². The first kappa shape index (κ1) is 17.4. The largest absolute Gasteiger partial charge is 0.459 e. The van der Waals surface area contributed by atoms with Crippen molar-refractivity contribution in [1.29, 1.82) is 0 Å². The van der Waals surface area contributed by atoms with Gasteiger partial charge in [-0.3, -0.25) is 4.90 Å². The molecular formula is C22H23N3O3. The molecule has 0 amide bonds. The number of pyridine rings is 1. The summed E-state index contributed by atoms with van der Waals surface area (Å²) in [5.41, 5.74) is 1.53. The Morgan fingerprint density at radius 3 is 2.61 bits per heavy atom. The first-order chi connectivity index (χ1) is 13.7. The van der Waals surface area contributed by atoms with Crippen molar-refractivity contribution in [2.45, 2.75) is 31.0 Å². The molecule has 0 spiro atoms. The van der Waals surface area contributed by atoms with E-state index in [-0.39, 0.29) is 12.1 Å². The second-order valence-electron chi connectivity index (χ2n) is 7.63. The summed E-state index contributed by atoms with van der Waals surface area (Å²) in [5, 5.41) is 0.884. The molecule has 2 bridgehead atoms. The number of morpholine rings is 1. The van der Waals surface area contributed by atoms with Crippen molar-refractivity contribution in [3.05, 3.63) is 60.4 Å². The number of carbonyl (C=O) groups excluding carboxylic acids is 1. The maximum absolute atomic E-state index is 13.1. The second kappa shape index (κ2) is 7.04. The standard InChI is InChI=1S/C22H23N3O3/c1-24-15-10-17(11-16(24)14-27-13-15)28-22(26)19-12-25(21-8-4-5-9-23-21)20-7-3-2-6-18(19)20/h2-9,12,15-17H,10-11,13-14H2,1H3/t15-,16+,17?.